The van der Waals surface area contributed by atoms with Gasteiger partial charge in [-0.3, -0.25) is 9.59 Å². The van der Waals surface area contributed by atoms with E-state index in [2.05, 4.69) is 11.9 Å². The van der Waals surface area contributed by atoms with Crippen LogP contribution in [0.15, 0.2) is 56.3 Å². The molecule has 6 heteroatoms. The average molecular weight is 378 g/mol. The SMILES string of the molecule is CC1CC1c1ccc(CN(C(=O)c2ccc(-c3ccco3)[nH]c2=O)C2CC2)o1. The van der Waals surface area contributed by atoms with Crippen molar-refractivity contribution in [3.8, 4) is 11.5 Å². The van der Waals surface area contributed by atoms with Crippen LogP contribution in [-0.2, 0) is 6.54 Å². The number of aromatic nitrogens is 1. The van der Waals surface area contributed by atoms with Crippen molar-refractivity contribution < 1.29 is 13.6 Å². The number of hydrogen-bond donors (Lipinski definition) is 1. The Morgan fingerprint density at radius 3 is 2.68 bits per heavy atom. The number of H-pyrrole nitrogens is 1. The Bertz CT molecular complexity index is 1060. The molecule has 3 heterocycles. The maximum atomic E-state index is 13.1. The highest BCUT2D eigenvalue weighted by Crippen LogP contribution is 2.47. The molecule has 0 spiro atoms. The van der Waals surface area contributed by atoms with Crippen LogP contribution >= 0.6 is 0 Å². The number of carbonyl (C=O) groups is 1. The predicted octanol–water partition coefficient (Wildman–Crippen LogP) is 4.16. The largest absolute Gasteiger partial charge is 0.464 e. The molecule has 0 saturated heterocycles. The van der Waals surface area contributed by atoms with Gasteiger partial charge in [-0.15, -0.1) is 0 Å². The predicted molar refractivity (Wildman–Crippen MR) is 103 cm³/mol. The molecule has 6 nitrogen and oxygen atoms in total. The molecule has 0 aromatic carbocycles. The van der Waals surface area contributed by atoms with E-state index in [-0.39, 0.29) is 17.5 Å². The van der Waals surface area contributed by atoms with Gasteiger partial charge in [-0.05, 0) is 61.6 Å². The molecule has 5 rings (SSSR count). The number of amides is 1. The minimum Gasteiger partial charge on any atom is -0.464 e. The van der Waals surface area contributed by atoms with Gasteiger partial charge in [-0.1, -0.05) is 6.92 Å². The Labute approximate surface area is 162 Å². The zero-order valence-corrected chi connectivity index (χ0v) is 15.7. The molecule has 1 N–H and O–H groups in total. The van der Waals surface area contributed by atoms with Crippen LogP contribution in [0.2, 0.25) is 0 Å². The Hall–Kier alpha value is -3.02. The van der Waals surface area contributed by atoms with Crippen LogP contribution < -0.4 is 5.56 Å². The molecule has 1 amide bonds. The summed E-state index contributed by atoms with van der Waals surface area (Å²) >= 11 is 0. The van der Waals surface area contributed by atoms with Gasteiger partial charge in [0.15, 0.2) is 0 Å². The first-order valence-electron chi connectivity index (χ1n) is 9.77. The smallest absolute Gasteiger partial charge is 0.261 e. The monoisotopic (exact) mass is 378 g/mol. The first kappa shape index (κ1) is 17.1. The second-order valence-electron chi connectivity index (χ2n) is 7.88. The normalized spacial score (nSPS) is 20.9. The molecule has 2 unspecified atom stereocenters. The molecule has 144 valence electrons. The maximum absolute atomic E-state index is 13.1. The molecule has 3 aromatic rings. The Kier molecular flexibility index (Phi) is 4.00. The minimum absolute atomic E-state index is 0.143. The van der Waals surface area contributed by atoms with Crippen LogP contribution in [0.4, 0.5) is 0 Å². The lowest BCUT2D eigenvalue weighted by Gasteiger charge is -2.21. The summed E-state index contributed by atoms with van der Waals surface area (Å²) in [5.74, 6) is 3.27. The first-order valence-corrected chi connectivity index (χ1v) is 9.77. The quantitative estimate of drug-likeness (QED) is 0.699. The summed E-state index contributed by atoms with van der Waals surface area (Å²) < 4.78 is 11.3. The van der Waals surface area contributed by atoms with Gasteiger partial charge < -0.3 is 18.7 Å². The number of nitrogens with one attached hydrogen (secondary N) is 1. The van der Waals surface area contributed by atoms with E-state index in [4.69, 9.17) is 8.83 Å². The molecular weight excluding hydrogens is 356 g/mol. The van der Waals surface area contributed by atoms with E-state index in [1.54, 1.807) is 35.4 Å². The fourth-order valence-electron chi connectivity index (χ4n) is 3.69. The molecule has 0 aliphatic heterocycles. The highest BCUT2D eigenvalue weighted by atomic mass is 16.3. The Morgan fingerprint density at radius 1 is 1.21 bits per heavy atom. The lowest BCUT2D eigenvalue weighted by Crippen LogP contribution is -2.36. The van der Waals surface area contributed by atoms with Crippen molar-refractivity contribution in [2.45, 2.75) is 44.7 Å². The molecule has 2 aliphatic carbocycles. The third-order valence-corrected chi connectivity index (χ3v) is 5.66. The van der Waals surface area contributed by atoms with Crippen LogP contribution in [0.5, 0.6) is 0 Å². The van der Waals surface area contributed by atoms with Crippen molar-refractivity contribution in [1.29, 1.82) is 0 Å². The van der Waals surface area contributed by atoms with E-state index >= 15 is 0 Å². The van der Waals surface area contributed by atoms with Gasteiger partial charge in [-0.25, -0.2) is 0 Å². The first-order chi connectivity index (χ1) is 13.6. The van der Waals surface area contributed by atoms with E-state index in [0.717, 1.165) is 30.8 Å². The highest BCUT2D eigenvalue weighted by Gasteiger charge is 2.38. The number of aromatic amines is 1. The summed E-state index contributed by atoms with van der Waals surface area (Å²) in [6.07, 6.45) is 4.62. The third-order valence-electron chi connectivity index (χ3n) is 5.66. The van der Waals surface area contributed by atoms with Gasteiger partial charge in [0.2, 0.25) is 0 Å². The minimum atomic E-state index is -0.406. The van der Waals surface area contributed by atoms with Crippen molar-refractivity contribution in [3.05, 3.63) is 70.1 Å². The lowest BCUT2D eigenvalue weighted by atomic mass is 10.2. The van der Waals surface area contributed by atoms with E-state index in [1.807, 2.05) is 12.1 Å². The fraction of sp³-hybridized carbons (Fsp3) is 0.364. The molecule has 2 atom stereocenters. The van der Waals surface area contributed by atoms with Crippen molar-refractivity contribution in [2.75, 3.05) is 0 Å². The van der Waals surface area contributed by atoms with Crippen molar-refractivity contribution in [1.82, 2.24) is 9.88 Å². The molecule has 3 aromatic heterocycles. The third kappa shape index (κ3) is 3.19. The topological polar surface area (TPSA) is 79.5 Å². The van der Waals surface area contributed by atoms with Crippen LogP contribution in [0, 0.1) is 5.92 Å². The van der Waals surface area contributed by atoms with Gasteiger partial charge in [0.05, 0.1) is 18.5 Å². The number of nitrogens with zero attached hydrogens (tertiary/aromatic N) is 1. The standard InChI is InChI=1S/C22H22N2O4/c1-13-11-17(13)19-9-6-15(28-19)12-24(14-4-5-14)22(26)16-7-8-18(23-21(16)25)20-3-2-10-27-20/h2-3,6-10,13-14,17H,4-5,11-12H2,1H3,(H,23,25). The van der Waals surface area contributed by atoms with E-state index in [0.29, 0.717) is 29.8 Å². The van der Waals surface area contributed by atoms with Crippen molar-refractivity contribution >= 4 is 5.91 Å². The Morgan fingerprint density at radius 2 is 2.04 bits per heavy atom. The molecule has 0 radical (unpaired) electrons. The highest BCUT2D eigenvalue weighted by molar-refractivity contribution is 5.94. The molecule has 0 bridgehead atoms. The maximum Gasteiger partial charge on any atom is 0.261 e. The second kappa shape index (κ2) is 6.55. The zero-order valence-electron chi connectivity index (χ0n) is 15.7. The zero-order chi connectivity index (χ0) is 19.3. The summed E-state index contributed by atoms with van der Waals surface area (Å²) in [4.78, 5) is 30.2. The van der Waals surface area contributed by atoms with E-state index in [9.17, 15) is 9.59 Å². The van der Waals surface area contributed by atoms with Gasteiger partial charge in [0, 0.05) is 12.0 Å². The van der Waals surface area contributed by atoms with Crippen molar-refractivity contribution in [2.24, 2.45) is 5.92 Å². The number of rotatable bonds is 6. The number of pyridine rings is 1. The molecule has 28 heavy (non-hydrogen) atoms. The summed E-state index contributed by atoms with van der Waals surface area (Å²) in [7, 11) is 0. The van der Waals surface area contributed by atoms with Gasteiger partial charge in [-0.2, -0.15) is 0 Å². The molecular formula is C22H22N2O4. The second-order valence-corrected chi connectivity index (χ2v) is 7.88. The number of hydrogen-bond acceptors (Lipinski definition) is 4. The van der Waals surface area contributed by atoms with Gasteiger partial charge >= 0.3 is 0 Å². The summed E-state index contributed by atoms with van der Waals surface area (Å²) in [5.41, 5.74) is 0.292. The number of furan rings is 2. The molecule has 2 fully saturated rings. The van der Waals surface area contributed by atoms with Gasteiger partial charge in [0.1, 0.15) is 22.8 Å². The average Bonchev–Trinajstić information content (AvgIpc) is 3.53. The summed E-state index contributed by atoms with van der Waals surface area (Å²) in [5, 5.41) is 0. The molecule has 2 aliphatic rings. The summed E-state index contributed by atoms with van der Waals surface area (Å²) in [6.45, 7) is 2.61. The molecule has 2 saturated carbocycles. The lowest BCUT2D eigenvalue weighted by molar-refractivity contribution is 0.0715. The van der Waals surface area contributed by atoms with Crippen LogP contribution in [0.3, 0.4) is 0 Å². The van der Waals surface area contributed by atoms with Crippen LogP contribution in [0.25, 0.3) is 11.5 Å². The number of carbonyl (C=O) groups excluding carboxylic acids is 1. The van der Waals surface area contributed by atoms with E-state index < -0.39 is 5.56 Å². The van der Waals surface area contributed by atoms with Gasteiger partial charge in [0.25, 0.3) is 11.5 Å². The van der Waals surface area contributed by atoms with E-state index in [1.165, 1.54) is 0 Å². The fourth-order valence-corrected chi connectivity index (χ4v) is 3.69. The van der Waals surface area contributed by atoms with Crippen LogP contribution in [0.1, 0.15) is 54.0 Å². The summed E-state index contributed by atoms with van der Waals surface area (Å²) in [6, 6.07) is 10.9. The Balaban J connectivity index is 1.37. The van der Waals surface area contributed by atoms with Crippen LogP contribution in [-0.4, -0.2) is 21.8 Å². The van der Waals surface area contributed by atoms with Crippen molar-refractivity contribution in [3.63, 3.8) is 0 Å².